The summed E-state index contributed by atoms with van der Waals surface area (Å²) in [7, 11) is 0. The Morgan fingerprint density at radius 1 is 1.16 bits per heavy atom. The van der Waals surface area contributed by atoms with Crippen LogP contribution in [0.2, 0.25) is 0 Å². The van der Waals surface area contributed by atoms with Gasteiger partial charge in [-0.25, -0.2) is 4.79 Å². The monoisotopic (exact) mass is 341 g/mol. The first-order valence-corrected chi connectivity index (χ1v) is 8.08. The van der Waals surface area contributed by atoms with Crippen molar-refractivity contribution in [3.8, 4) is 0 Å². The maximum atomic E-state index is 12.4. The van der Waals surface area contributed by atoms with E-state index in [4.69, 9.17) is 4.42 Å². The molecule has 0 aliphatic carbocycles. The van der Waals surface area contributed by atoms with Crippen LogP contribution < -0.4 is 10.6 Å². The molecule has 0 bridgehead atoms. The molecule has 2 N–H and O–H groups in total. The molecule has 1 aliphatic heterocycles. The van der Waals surface area contributed by atoms with Gasteiger partial charge in [-0.05, 0) is 24.1 Å². The first-order chi connectivity index (χ1) is 12.1. The van der Waals surface area contributed by atoms with Crippen LogP contribution in [-0.4, -0.2) is 28.8 Å². The van der Waals surface area contributed by atoms with Gasteiger partial charge in [-0.1, -0.05) is 30.3 Å². The van der Waals surface area contributed by atoms with Gasteiger partial charge in [0.05, 0.1) is 19.4 Å². The third-order valence-corrected chi connectivity index (χ3v) is 3.99. The van der Waals surface area contributed by atoms with E-state index in [1.54, 1.807) is 12.1 Å². The molecule has 0 radical (unpaired) electrons. The molecule has 1 fully saturated rings. The van der Waals surface area contributed by atoms with E-state index >= 15 is 0 Å². The molecule has 1 aromatic carbocycles. The molecular formula is C18H19N3O4. The summed E-state index contributed by atoms with van der Waals surface area (Å²) in [5.41, 5.74) is 0.878. The number of benzene rings is 1. The predicted octanol–water partition coefficient (Wildman–Crippen LogP) is 1.80. The second-order valence-corrected chi connectivity index (χ2v) is 5.81. The van der Waals surface area contributed by atoms with E-state index in [0.29, 0.717) is 12.3 Å². The number of carbonyl (C=O) groups excluding carboxylic acids is 3. The van der Waals surface area contributed by atoms with E-state index < -0.39 is 12.1 Å². The molecule has 3 rings (SSSR count). The van der Waals surface area contributed by atoms with Crippen LogP contribution in [0.3, 0.4) is 0 Å². The predicted molar refractivity (Wildman–Crippen MR) is 89.1 cm³/mol. The SMILES string of the molecule is O=C(CCC1NC(=O)N(Cc2ccccc2)C1=O)NCc1ccco1. The average Bonchev–Trinajstić information content (AvgIpc) is 3.23. The number of hydrogen-bond donors (Lipinski definition) is 2. The van der Waals surface area contributed by atoms with Crippen molar-refractivity contribution in [2.45, 2.75) is 32.0 Å². The minimum Gasteiger partial charge on any atom is -0.467 e. The summed E-state index contributed by atoms with van der Waals surface area (Å²) in [5, 5.41) is 5.35. The van der Waals surface area contributed by atoms with Gasteiger partial charge < -0.3 is 15.1 Å². The molecule has 1 saturated heterocycles. The molecular weight excluding hydrogens is 322 g/mol. The lowest BCUT2D eigenvalue weighted by atomic mass is 10.1. The molecule has 1 atom stereocenters. The summed E-state index contributed by atoms with van der Waals surface area (Å²) < 4.78 is 5.13. The van der Waals surface area contributed by atoms with Crippen LogP contribution in [0.5, 0.6) is 0 Å². The van der Waals surface area contributed by atoms with Crippen LogP contribution in [0.1, 0.15) is 24.2 Å². The molecule has 25 heavy (non-hydrogen) atoms. The van der Waals surface area contributed by atoms with Gasteiger partial charge in [0.15, 0.2) is 0 Å². The van der Waals surface area contributed by atoms with Crippen LogP contribution in [0, 0.1) is 0 Å². The van der Waals surface area contributed by atoms with Crippen molar-refractivity contribution in [2.24, 2.45) is 0 Å². The Bertz CT molecular complexity index is 743. The Hall–Kier alpha value is -3.09. The molecule has 1 unspecified atom stereocenters. The van der Waals surface area contributed by atoms with Crippen LogP contribution in [0.25, 0.3) is 0 Å². The van der Waals surface area contributed by atoms with E-state index in [1.165, 1.54) is 11.2 Å². The van der Waals surface area contributed by atoms with E-state index in [9.17, 15) is 14.4 Å². The summed E-state index contributed by atoms with van der Waals surface area (Å²) >= 11 is 0. The topological polar surface area (TPSA) is 91.7 Å². The highest BCUT2D eigenvalue weighted by molar-refractivity contribution is 6.04. The quantitative estimate of drug-likeness (QED) is 0.751. The normalized spacial score (nSPS) is 16.8. The second kappa shape index (κ2) is 7.65. The fourth-order valence-corrected chi connectivity index (χ4v) is 2.65. The summed E-state index contributed by atoms with van der Waals surface area (Å²) in [4.78, 5) is 37.4. The van der Waals surface area contributed by atoms with Gasteiger partial charge in [-0.2, -0.15) is 0 Å². The van der Waals surface area contributed by atoms with Crippen LogP contribution >= 0.6 is 0 Å². The third-order valence-electron chi connectivity index (χ3n) is 3.99. The fraction of sp³-hybridized carbons (Fsp3) is 0.278. The summed E-state index contributed by atoms with van der Waals surface area (Å²) in [6.45, 7) is 0.531. The first-order valence-electron chi connectivity index (χ1n) is 8.08. The Balaban J connectivity index is 1.47. The lowest BCUT2D eigenvalue weighted by Gasteiger charge is -2.13. The lowest BCUT2D eigenvalue weighted by molar-refractivity contribution is -0.128. The largest absolute Gasteiger partial charge is 0.467 e. The zero-order valence-corrected chi connectivity index (χ0v) is 13.6. The molecule has 1 aliphatic rings. The second-order valence-electron chi connectivity index (χ2n) is 5.81. The fourth-order valence-electron chi connectivity index (χ4n) is 2.65. The minimum absolute atomic E-state index is 0.149. The van der Waals surface area contributed by atoms with E-state index in [0.717, 1.165) is 5.56 Å². The molecule has 0 saturated carbocycles. The number of hydrogen-bond acceptors (Lipinski definition) is 4. The van der Waals surface area contributed by atoms with E-state index in [1.807, 2.05) is 30.3 Å². The van der Waals surface area contributed by atoms with Crippen molar-refractivity contribution in [3.63, 3.8) is 0 Å². The van der Waals surface area contributed by atoms with Crippen LogP contribution in [-0.2, 0) is 22.7 Å². The van der Waals surface area contributed by atoms with Gasteiger partial charge in [0.1, 0.15) is 11.8 Å². The number of nitrogens with zero attached hydrogens (tertiary/aromatic N) is 1. The van der Waals surface area contributed by atoms with Crippen molar-refractivity contribution in [1.29, 1.82) is 0 Å². The van der Waals surface area contributed by atoms with E-state index in [-0.39, 0.29) is 31.2 Å². The summed E-state index contributed by atoms with van der Waals surface area (Å²) in [6, 6.07) is 11.7. The lowest BCUT2D eigenvalue weighted by Crippen LogP contribution is -2.32. The number of urea groups is 1. The smallest absolute Gasteiger partial charge is 0.325 e. The number of rotatable bonds is 7. The number of imide groups is 1. The van der Waals surface area contributed by atoms with Gasteiger partial charge in [0.2, 0.25) is 5.91 Å². The maximum absolute atomic E-state index is 12.4. The highest BCUT2D eigenvalue weighted by atomic mass is 16.3. The average molecular weight is 341 g/mol. The standard InChI is InChI=1S/C18H19N3O4/c22-16(19-11-14-7-4-10-25-14)9-8-15-17(23)21(18(24)20-15)12-13-5-2-1-3-6-13/h1-7,10,15H,8-9,11-12H2,(H,19,22)(H,20,24). The third kappa shape index (κ3) is 4.26. The van der Waals surface area contributed by atoms with Gasteiger partial charge in [0.25, 0.3) is 5.91 Å². The van der Waals surface area contributed by atoms with Crippen molar-refractivity contribution >= 4 is 17.8 Å². The van der Waals surface area contributed by atoms with E-state index in [2.05, 4.69) is 10.6 Å². The number of amides is 4. The Kier molecular flexibility index (Phi) is 5.13. The molecule has 0 spiro atoms. The Morgan fingerprint density at radius 2 is 1.96 bits per heavy atom. The molecule has 1 aromatic heterocycles. The van der Waals surface area contributed by atoms with Crippen molar-refractivity contribution in [2.75, 3.05) is 0 Å². The number of carbonyl (C=O) groups is 3. The van der Waals surface area contributed by atoms with Gasteiger partial charge in [-0.15, -0.1) is 0 Å². The summed E-state index contributed by atoms with van der Waals surface area (Å²) in [6.07, 6.45) is 1.95. The molecule has 130 valence electrons. The highest BCUT2D eigenvalue weighted by Gasteiger charge is 2.37. The maximum Gasteiger partial charge on any atom is 0.325 e. The Morgan fingerprint density at radius 3 is 2.68 bits per heavy atom. The Labute approximate surface area is 145 Å². The number of furan rings is 1. The first kappa shape index (κ1) is 16.8. The molecule has 7 nitrogen and oxygen atoms in total. The molecule has 7 heteroatoms. The van der Waals surface area contributed by atoms with Crippen molar-refractivity contribution in [1.82, 2.24) is 15.5 Å². The highest BCUT2D eigenvalue weighted by Crippen LogP contribution is 2.15. The van der Waals surface area contributed by atoms with Gasteiger partial charge >= 0.3 is 6.03 Å². The van der Waals surface area contributed by atoms with Crippen molar-refractivity contribution in [3.05, 3.63) is 60.1 Å². The van der Waals surface area contributed by atoms with Gasteiger partial charge in [-0.3, -0.25) is 14.5 Å². The van der Waals surface area contributed by atoms with Crippen LogP contribution in [0.4, 0.5) is 4.79 Å². The van der Waals surface area contributed by atoms with Crippen LogP contribution in [0.15, 0.2) is 53.1 Å². The molecule has 2 heterocycles. The van der Waals surface area contributed by atoms with Crippen molar-refractivity contribution < 1.29 is 18.8 Å². The molecule has 4 amide bonds. The summed E-state index contributed by atoms with van der Waals surface area (Å²) in [5.74, 6) is 0.167. The zero-order chi connectivity index (χ0) is 17.6. The number of nitrogens with one attached hydrogen (secondary N) is 2. The van der Waals surface area contributed by atoms with Gasteiger partial charge in [0, 0.05) is 6.42 Å². The minimum atomic E-state index is -0.662. The molecule has 2 aromatic rings. The zero-order valence-electron chi connectivity index (χ0n) is 13.6.